The SMILES string of the molecule is CN(C(=O)OCc1ccccc1)C(C)(C)c1nc(C(=O)NCc2ccc(F)cc2)c(O)c(=O)[nH]1. The van der Waals surface area contributed by atoms with Crippen LogP contribution in [0, 0.1) is 5.82 Å². The van der Waals surface area contributed by atoms with Crippen molar-refractivity contribution < 1.29 is 23.8 Å². The molecule has 0 fully saturated rings. The number of carbonyl (C=O) groups excluding carboxylic acids is 2. The number of amides is 2. The Morgan fingerprint density at radius 1 is 1.12 bits per heavy atom. The van der Waals surface area contributed by atoms with Crippen LogP contribution in [0.25, 0.3) is 0 Å². The number of benzene rings is 2. The summed E-state index contributed by atoms with van der Waals surface area (Å²) < 4.78 is 18.4. The van der Waals surface area contributed by atoms with E-state index < -0.39 is 40.4 Å². The van der Waals surface area contributed by atoms with Gasteiger partial charge in [-0.15, -0.1) is 0 Å². The molecule has 9 nitrogen and oxygen atoms in total. The first-order valence-corrected chi connectivity index (χ1v) is 10.4. The summed E-state index contributed by atoms with van der Waals surface area (Å²) in [4.78, 5) is 45.3. The van der Waals surface area contributed by atoms with Crippen LogP contribution in [0.4, 0.5) is 9.18 Å². The van der Waals surface area contributed by atoms with E-state index in [-0.39, 0.29) is 19.0 Å². The second-order valence-electron chi connectivity index (χ2n) is 8.08. The van der Waals surface area contributed by atoms with Gasteiger partial charge in [0.25, 0.3) is 11.5 Å². The number of aromatic amines is 1. The summed E-state index contributed by atoms with van der Waals surface area (Å²) in [5.74, 6) is -2.10. The van der Waals surface area contributed by atoms with Crippen LogP contribution in [0.2, 0.25) is 0 Å². The van der Waals surface area contributed by atoms with Crippen LogP contribution in [0.1, 0.15) is 41.3 Å². The number of hydrogen-bond donors (Lipinski definition) is 3. The van der Waals surface area contributed by atoms with E-state index in [0.717, 1.165) is 5.56 Å². The minimum atomic E-state index is -1.20. The van der Waals surface area contributed by atoms with Crippen molar-refractivity contribution in [3.05, 3.63) is 93.4 Å². The monoisotopic (exact) mass is 468 g/mol. The average molecular weight is 468 g/mol. The molecule has 3 aromatic rings. The molecule has 0 radical (unpaired) electrons. The number of ether oxygens (including phenoxy) is 1. The zero-order chi connectivity index (χ0) is 24.9. The smallest absolute Gasteiger partial charge is 0.410 e. The van der Waals surface area contributed by atoms with E-state index in [1.807, 2.05) is 30.3 Å². The normalized spacial score (nSPS) is 11.1. The quantitative estimate of drug-likeness (QED) is 0.490. The van der Waals surface area contributed by atoms with E-state index in [0.29, 0.717) is 5.56 Å². The predicted molar refractivity (Wildman–Crippen MR) is 122 cm³/mol. The molecule has 178 valence electrons. The Morgan fingerprint density at radius 2 is 1.76 bits per heavy atom. The first-order valence-electron chi connectivity index (χ1n) is 10.4. The first-order chi connectivity index (χ1) is 16.1. The van der Waals surface area contributed by atoms with Gasteiger partial charge >= 0.3 is 6.09 Å². The largest absolute Gasteiger partial charge is 0.501 e. The van der Waals surface area contributed by atoms with Crippen LogP contribution >= 0.6 is 0 Å². The second-order valence-corrected chi connectivity index (χ2v) is 8.08. The topological polar surface area (TPSA) is 125 Å². The minimum absolute atomic E-state index is 0.0253. The van der Waals surface area contributed by atoms with Crippen molar-refractivity contribution in [2.45, 2.75) is 32.5 Å². The van der Waals surface area contributed by atoms with Crippen LogP contribution in [0.5, 0.6) is 5.75 Å². The van der Waals surface area contributed by atoms with Gasteiger partial charge in [-0.3, -0.25) is 14.5 Å². The number of halogens is 1. The van der Waals surface area contributed by atoms with E-state index >= 15 is 0 Å². The van der Waals surface area contributed by atoms with Crippen molar-refractivity contribution in [3.8, 4) is 5.75 Å². The van der Waals surface area contributed by atoms with Gasteiger partial charge in [-0.25, -0.2) is 14.2 Å². The fourth-order valence-electron chi connectivity index (χ4n) is 2.99. The average Bonchev–Trinajstić information content (AvgIpc) is 2.83. The summed E-state index contributed by atoms with van der Waals surface area (Å²) in [6.07, 6.45) is -0.674. The molecule has 1 aromatic heterocycles. The zero-order valence-electron chi connectivity index (χ0n) is 19.0. The van der Waals surface area contributed by atoms with Crippen molar-refractivity contribution in [2.24, 2.45) is 0 Å². The number of H-pyrrole nitrogens is 1. The van der Waals surface area contributed by atoms with Crippen molar-refractivity contribution in [2.75, 3.05) is 7.05 Å². The Morgan fingerprint density at radius 3 is 2.41 bits per heavy atom. The molecule has 0 saturated heterocycles. The van der Waals surface area contributed by atoms with Gasteiger partial charge in [-0.2, -0.15) is 0 Å². The number of hydrogen-bond acceptors (Lipinski definition) is 6. The highest BCUT2D eigenvalue weighted by molar-refractivity contribution is 5.94. The molecule has 0 aliphatic rings. The summed E-state index contributed by atoms with van der Waals surface area (Å²) >= 11 is 0. The lowest BCUT2D eigenvalue weighted by Crippen LogP contribution is -2.45. The van der Waals surface area contributed by atoms with E-state index in [1.54, 1.807) is 13.8 Å². The lowest BCUT2D eigenvalue weighted by atomic mass is 10.0. The Bertz CT molecular complexity index is 1230. The van der Waals surface area contributed by atoms with Crippen molar-refractivity contribution in [1.82, 2.24) is 20.2 Å². The van der Waals surface area contributed by atoms with Gasteiger partial charge in [0.05, 0.1) is 5.54 Å². The maximum Gasteiger partial charge on any atom is 0.410 e. The molecule has 3 rings (SSSR count). The molecule has 0 aliphatic carbocycles. The van der Waals surface area contributed by atoms with Crippen molar-refractivity contribution in [1.29, 1.82) is 0 Å². The highest BCUT2D eigenvalue weighted by atomic mass is 19.1. The van der Waals surface area contributed by atoms with E-state index in [1.165, 1.54) is 36.2 Å². The molecule has 10 heteroatoms. The molecule has 1 heterocycles. The Balaban J connectivity index is 1.77. The lowest BCUT2D eigenvalue weighted by molar-refractivity contribution is 0.0667. The fraction of sp³-hybridized carbons (Fsp3) is 0.250. The molecule has 0 bridgehead atoms. The van der Waals surface area contributed by atoms with Gasteiger partial charge in [-0.1, -0.05) is 42.5 Å². The number of carbonyl (C=O) groups is 2. The van der Waals surface area contributed by atoms with Crippen molar-refractivity contribution >= 4 is 12.0 Å². The summed E-state index contributed by atoms with van der Waals surface area (Å²) in [5.41, 5.74) is -1.22. The third-order valence-corrected chi connectivity index (χ3v) is 5.37. The van der Waals surface area contributed by atoms with E-state index in [9.17, 15) is 23.9 Å². The molecule has 2 amide bonds. The Labute approximate surface area is 195 Å². The summed E-state index contributed by atoms with van der Waals surface area (Å²) in [5, 5.41) is 12.7. The maximum atomic E-state index is 13.1. The number of aromatic hydroxyl groups is 1. The Hall–Kier alpha value is -4.21. The van der Waals surface area contributed by atoms with Crippen LogP contribution in [0.15, 0.2) is 59.4 Å². The van der Waals surface area contributed by atoms with Crippen LogP contribution in [0.3, 0.4) is 0 Å². The van der Waals surface area contributed by atoms with E-state index in [4.69, 9.17) is 4.74 Å². The van der Waals surface area contributed by atoms with Gasteiger partial charge in [0, 0.05) is 13.6 Å². The Kier molecular flexibility index (Phi) is 7.30. The summed E-state index contributed by atoms with van der Waals surface area (Å²) in [6.45, 7) is 3.28. The van der Waals surface area contributed by atoms with Gasteiger partial charge < -0.3 is 20.1 Å². The molecule has 2 aromatic carbocycles. The lowest BCUT2D eigenvalue weighted by Gasteiger charge is -2.33. The van der Waals surface area contributed by atoms with Crippen LogP contribution in [-0.4, -0.2) is 39.0 Å². The molecular weight excluding hydrogens is 443 g/mol. The number of aromatic nitrogens is 2. The molecular formula is C24H25FN4O5. The second kappa shape index (κ2) is 10.2. The van der Waals surface area contributed by atoms with Gasteiger partial charge in [0.1, 0.15) is 18.2 Å². The van der Waals surface area contributed by atoms with Crippen molar-refractivity contribution in [3.63, 3.8) is 0 Å². The van der Waals surface area contributed by atoms with Gasteiger partial charge in [0.15, 0.2) is 5.69 Å². The zero-order valence-corrected chi connectivity index (χ0v) is 19.0. The van der Waals surface area contributed by atoms with Crippen LogP contribution in [-0.2, 0) is 23.4 Å². The van der Waals surface area contributed by atoms with E-state index in [2.05, 4.69) is 15.3 Å². The molecule has 0 spiro atoms. The molecule has 0 atom stereocenters. The molecule has 0 aliphatic heterocycles. The minimum Gasteiger partial charge on any atom is -0.501 e. The third kappa shape index (κ3) is 5.58. The summed E-state index contributed by atoms with van der Waals surface area (Å²) in [7, 11) is 1.47. The molecule has 0 saturated carbocycles. The number of rotatable bonds is 7. The number of nitrogens with zero attached hydrogens (tertiary/aromatic N) is 2. The first kappa shape index (κ1) is 24.4. The van der Waals surface area contributed by atoms with Gasteiger partial charge in [0.2, 0.25) is 5.75 Å². The molecule has 34 heavy (non-hydrogen) atoms. The fourth-order valence-corrected chi connectivity index (χ4v) is 2.99. The summed E-state index contributed by atoms with van der Waals surface area (Å²) in [6, 6.07) is 14.6. The highest BCUT2D eigenvalue weighted by Gasteiger charge is 2.35. The molecule has 3 N–H and O–H groups in total. The number of nitrogens with one attached hydrogen (secondary N) is 2. The van der Waals surface area contributed by atoms with Gasteiger partial charge in [-0.05, 0) is 37.1 Å². The van der Waals surface area contributed by atoms with Crippen LogP contribution < -0.4 is 10.9 Å². The third-order valence-electron chi connectivity index (χ3n) is 5.37. The standard InChI is InChI=1S/C24H25FN4O5/c1-24(2,29(3)23(33)34-14-16-7-5-4-6-8-16)22-27-18(19(30)21(32)28-22)20(31)26-13-15-9-11-17(25)12-10-15/h4-12,30H,13-14H2,1-3H3,(H,26,31)(H,27,28,32). The maximum absolute atomic E-state index is 13.1. The predicted octanol–water partition coefficient (Wildman–Crippen LogP) is 3.05. The highest BCUT2D eigenvalue weighted by Crippen LogP contribution is 2.25. The molecule has 0 unspecified atom stereocenters.